The molecule has 2 heterocycles. The van der Waals surface area contributed by atoms with E-state index in [1.54, 1.807) is 17.4 Å². The molecule has 0 aliphatic heterocycles. The molecule has 0 bridgehead atoms. The third kappa shape index (κ3) is 2.37. The average molecular weight is 260 g/mol. The molecule has 2 aromatic heterocycles. The number of hydrogen-bond donors (Lipinski definition) is 0. The fourth-order valence-corrected chi connectivity index (χ4v) is 2.48. The average Bonchev–Trinajstić information content (AvgIpc) is 2.69. The van der Waals surface area contributed by atoms with Crippen molar-refractivity contribution in [1.82, 2.24) is 4.98 Å². The van der Waals surface area contributed by atoms with Crippen LogP contribution in [-0.2, 0) is 9.05 Å². The fourth-order valence-electron chi connectivity index (χ4n) is 1.09. The van der Waals surface area contributed by atoms with Gasteiger partial charge in [0.25, 0.3) is 9.05 Å². The van der Waals surface area contributed by atoms with Gasteiger partial charge in [0.2, 0.25) is 0 Å². The number of aromatic nitrogens is 1. The van der Waals surface area contributed by atoms with E-state index in [-0.39, 0.29) is 4.90 Å². The molecule has 0 atom stereocenters. The Morgan fingerprint density at radius 2 is 2.07 bits per heavy atom. The lowest BCUT2D eigenvalue weighted by atomic mass is 10.3. The van der Waals surface area contributed by atoms with Crippen molar-refractivity contribution in [2.75, 3.05) is 0 Å². The van der Waals surface area contributed by atoms with E-state index in [0.717, 1.165) is 10.6 Å². The summed E-state index contributed by atoms with van der Waals surface area (Å²) in [5, 5.41) is 1.93. The summed E-state index contributed by atoms with van der Waals surface area (Å²) >= 11 is 1.54. The van der Waals surface area contributed by atoms with Crippen LogP contribution in [-0.4, -0.2) is 13.4 Å². The molecule has 0 unspecified atom stereocenters. The zero-order valence-electron chi connectivity index (χ0n) is 7.42. The number of thiophene rings is 1. The molecular weight excluding hydrogens is 254 g/mol. The molecule has 3 nitrogen and oxygen atoms in total. The quantitative estimate of drug-likeness (QED) is 0.779. The normalized spacial score (nSPS) is 11.5. The van der Waals surface area contributed by atoms with E-state index in [2.05, 4.69) is 4.98 Å². The van der Waals surface area contributed by atoms with Gasteiger partial charge in [0.15, 0.2) is 0 Å². The van der Waals surface area contributed by atoms with E-state index < -0.39 is 9.05 Å². The maximum absolute atomic E-state index is 11.0. The molecule has 0 saturated heterocycles. The number of nitrogens with zero attached hydrogens (tertiary/aromatic N) is 1. The first-order valence-electron chi connectivity index (χ1n) is 4.02. The van der Waals surface area contributed by atoms with Crippen LogP contribution in [0.2, 0.25) is 0 Å². The van der Waals surface area contributed by atoms with Crippen molar-refractivity contribution in [1.29, 1.82) is 0 Å². The highest BCUT2D eigenvalue weighted by Gasteiger charge is 2.10. The van der Waals surface area contributed by atoms with Crippen LogP contribution in [0.15, 0.2) is 40.7 Å². The highest BCUT2D eigenvalue weighted by atomic mass is 35.7. The number of hydrogen-bond acceptors (Lipinski definition) is 4. The summed E-state index contributed by atoms with van der Waals surface area (Å²) < 4.78 is 21.9. The van der Waals surface area contributed by atoms with E-state index in [4.69, 9.17) is 10.7 Å². The van der Waals surface area contributed by atoms with Crippen LogP contribution in [0.5, 0.6) is 0 Å². The summed E-state index contributed by atoms with van der Waals surface area (Å²) in [6.07, 6.45) is 1.26. The molecular formula is C9H6ClNO2S2. The second kappa shape index (κ2) is 3.92. The van der Waals surface area contributed by atoms with E-state index in [0.29, 0.717) is 0 Å². The van der Waals surface area contributed by atoms with E-state index in [1.807, 2.05) is 17.5 Å². The Morgan fingerprint density at radius 3 is 2.53 bits per heavy atom. The maximum Gasteiger partial charge on any atom is 0.262 e. The first-order valence-corrected chi connectivity index (χ1v) is 7.21. The molecule has 0 aliphatic rings. The second-order valence-electron chi connectivity index (χ2n) is 2.79. The summed E-state index contributed by atoms with van der Waals surface area (Å²) in [7, 11) is 1.50. The summed E-state index contributed by atoms with van der Waals surface area (Å²) in [5.74, 6) is 0. The predicted molar refractivity (Wildman–Crippen MR) is 60.6 cm³/mol. The Kier molecular flexibility index (Phi) is 2.77. The largest absolute Gasteiger partial charge is 0.262 e. The molecule has 0 N–H and O–H groups in total. The van der Waals surface area contributed by atoms with Crippen molar-refractivity contribution in [2.45, 2.75) is 4.90 Å². The fraction of sp³-hybridized carbons (Fsp3) is 0. The molecule has 15 heavy (non-hydrogen) atoms. The van der Waals surface area contributed by atoms with Crippen molar-refractivity contribution < 1.29 is 8.42 Å². The molecule has 0 fully saturated rings. The van der Waals surface area contributed by atoms with E-state index in [9.17, 15) is 8.42 Å². The monoisotopic (exact) mass is 259 g/mol. The summed E-state index contributed by atoms with van der Waals surface area (Å²) in [6, 6.07) is 6.92. The Labute approximate surface area is 95.8 Å². The van der Waals surface area contributed by atoms with Gasteiger partial charge in [-0.15, -0.1) is 11.3 Å². The SMILES string of the molecule is O=S(=O)(Cl)c1ccc(-c2cccs2)nc1. The lowest BCUT2D eigenvalue weighted by Gasteiger charge is -1.98. The van der Waals surface area contributed by atoms with Gasteiger partial charge in [0, 0.05) is 16.9 Å². The molecule has 0 aromatic carbocycles. The Hall–Kier alpha value is -0.910. The molecule has 0 radical (unpaired) electrons. The smallest absolute Gasteiger partial charge is 0.254 e. The first kappa shape index (κ1) is 10.6. The number of halogens is 1. The molecule has 0 saturated carbocycles. The predicted octanol–water partition coefficient (Wildman–Crippen LogP) is 2.74. The van der Waals surface area contributed by atoms with Gasteiger partial charge < -0.3 is 0 Å². The van der Waals surface area contributed by atoms with Crippen molar-refractivity contribution in [3.63, 3.8) is 0 Å². The van der Waals surface area contributed by atoms with Crippen molar-refractivity contribution >= 4 is 31.1 Å². The first-order chi connectivity index (χ1) is 7.07. The molecule has 0 amide bonds. The third-order valence-electron chi connectivity index (χ3n) is 1.79. The number of pyridine rings is 1. The Bertz CT molecular complexity index is 546. The van der Waals surface area contributed by atoms with Crippen molar-refractivity contribution in [3.05, 3.63) is 35.8 Å². The molecule has 0 spiro atoms. The summed E-state index contributed by atoms with van der Waals surface area (Å²) in [4.78, 5) is 5.05. The van der Waals surface area contributed by atoms with Crippen LogP contribution in [0.3, 0.4) is 0 Å². The Balaban J connectivity index is 2.42. The third-order valence-corrected chi connectivity index (χ3v) is 4.02. The van der Waals surface area contributed by atoms with Gasteiger partial charge in [-0.05, 0) is 23.6 Å². The van der Waals surface area contributed by atoms with Crippen molar-refractivity contribution in [3.8, 4) is 10.6 Å². The number of rotatable bonds is 2. The van der Waals surface area contributed by atoms with Gasteiger partial charge in [-0.3, -0.25) is 4.98 Å². The minimum absolute atomic E-state index is 0.0180. The van der Waals surface area contributed by atoms with Crippen LogP contribution >= 0.6 is 22.0 Å². The molecule has 0 aliphatic carbocycles. The van der Waals surface area contributed by atoms with Gasteiger partial charge in [0.1, 0.15) is 4.90 Å². The molecule has 78 valence electrons. The zero-order chi connectivity index (χ0) is 10.9. The Morgan fingerprint density at radius 1 is 1.27 bits per heavy atom. The van der Waals surface area contributed by atoms with Crippen LogP contribution in [0.4, 0.5) is 0 Å². The lowest BCUT2D eigenvalue weighted by Crippen LogP contribution is -1.91. The minimum atomic E-state index is -3.68. The standard InChI is InChI=1S/C9H6ClNO2S2/c10-15(12,13)7-3-4-8(11-6-7)9-2-1-5-14-9/h1-6H. The topological polar surface area (TPSA) is 47.0 Å². The van der Waals surface area contributed by atoms with Crippen molar-refractivity contribution in [2.24, 2.45) is 0 Å². The van der Waals surface area contributed by atoms with Crippen LogP contribution in [0.1, 0.15) is 0 Å². The highest BCUT2D eigenvalue weighted by Crippen LogP contribution is 2.23. The second-order valence-corrected chi connectivity index (χ2v) is 6.31. The van der Waals surface area contributed by atoms with Gasteiger partial charge in [-0.25, -0.2) is 8.42 Å². The summed E-state index contributed by atoms with van der Waals surface area (Å²) in [6.45, 7) is 0. The van der Waals surface area contributed by atoms with Gasteiger partial charge >= 0.3 is 0 Å². The molecule has 2 aromatic rings. The van der Waals surface area contributed by atoms with E-state index in [1.165, 1.54) is 12.3 Å². The zero-order valence-corrected chi connectivity index (χ0v) is 9.81. The van der Waals surface area contributed by atoms with Gasteiger partial charge in [-0.1, -0.05) is 6.07 Å². The van der Waals surface area contributed by atoms with Crippen LogP contribution in [0, 0.1) is 0 Å². The maximum atomic E-state index is 11.0. The molecule has 2 rings (SSSR count). The van der Waals surface area contributed by atoms with E-state index >= 15 is 0 Å². The highest BCUT2D eigenvalue weighted by molar-refractivity contribution is 8.13. The molecule has 6 heteroatoms. The van der Waals surface area contributed by atoms with Crippen LogP contribution in [0.25, 0.3) is 10.6 Å². The van der Waals surface area contributed by atoms with Gasteiger partial charge in [0.05, 0.1) is 10.6 Å². The lowest BCUT2D eigenvalue weighted by molar-refractivity contribution is 0.609. The van der Waals surface area contributed by atoms with Gasteiger partial charge in [-0.2, -0.15) is 0 Å². The summed E-state index contributed by atoms with van der Waals surface area (Å²) in [5.41, 5.74) is 0.745. The minimum Gasteiger partial charge on any atom is -0.254 e. The van der Waals surface area contributed by atoms with Crippen LogP contribution < -0.4 is 0 Å².